The second-order valence-electron chi connectivity index (χ2n) is 9.72. The fourth-order valence-electron chi connectivity index (χ4n) is 5.19. The number of nitrogens with zero attached hydrogens (tertiary/aromatic N) is 4. The molecule has 0 aliphatic heterocycles. The molecule has 2 amide bonds. The Kier molecular flexibility index (Phi) is 8.05. The fourth-order valence-corrected chi connectivity index (χ4v) is 5.19. The van der Waals surface area contributed by atoms with Gasteiger partial charge in [0.25, 0.3) is 0 Å². The van der Waals surface area contributed by atoms with Crippen molar-refractivity contribution in [3.63, 3.8) is 0 Å². The topological polar surface area (TPSA) is 98.6 Å². The number of anilines is 1. The number of carbonyl (C=O) groups excluding carboxylic acids is 2. The number of rotatable bonds is 9. The van der Waals surface area contributed by atoms with Gasteiger partial charge in [-0.15, -0.1) is 5.10 Å². The van der Waals surface area contributed by atoms with Gasteiger partial charge in [-0.25, -0.2) is 4.68 Å². The van der Waals surface area contributed by atoms with Crippen molar-refractivity contribution in [3.05, 3.63) is 78.4 Å². The molecule has 39 heavy (non-hydrogen) atoms. The summed E-state index contributed by atoms with van der Waals surface area (Å²) >= 11 is 0. The quantitative estimate of drug-likeness (QED) is 0.340. The third-order valence-electron chi connectivity index (χ3n) is 7.17. The first-order valence-electron chi connectivity index (χ1n) is 13.3. The van der Waals surface area contributed by atoms with E-state index in [4.69, 9.17) is 9.47 Å². The molecule has 1 aromatic heterocycles. The minimum atomic E-state index is -0.948. The lowest BCUT2D eigenvalue weighted by molar-refractivity contribution is -0.127. The number of methoxy groups -OCH3 is 2. The number of ether oxygens (including phenoxy) is 2. The smallest absolute Gasteiger partial charge is 0.249 e. The van der Waals surface area contributed by atoms with Crippen LogP contribution in [0.2, 0.25) is 0 Å². The van der Waals surface area contributed by atoms with Crippen molar-refractivity contribution in [1.82, 2.24) is 20.3 Å². The maximum Gasteiger partial charge on any atom is 0.249 e. The molecule has 1 saturated carbocycles. The van der Waals surface area contributed by atoms with E-state index in [9.17, 15) is 9.59 Å². The van der Waals surface area contributed by atoms with Crippen LogP contribution in [0, 0.1) is 0 Å². The van der Waals surface area contributed by atoms with E-state index in [0.29, 0.717) is 28.3 Å². The molecule has 0 unspecified atom stereocenters. The molecular formula is C30H33N5O4. The number of fused-ring (bicyclic) bond motifs is 1. The molecule has 0 radical (unpaired) electrons. The van der Waals surface area contributed by atoms with Crippen molar-refractivity contribution in [2.75, 3.05) is 19.1 Å². The zero-order valence-electron chi connectivity index (χ0n) is 22.2. The Morgan fingerprint density at radius 2 is 1.67 bits per heavy atom. The highest BCUT2D eigenvalue weighted by atomic mass is 16.5. The van der Waals surface area contributed by atoms with Crippen molar-refractivity contribution in [1.29, 1.82) is 0 Å². The Hall–Kier alpha value is -4.40. The summed E-state index contributed by atoms with van der Waals surface area (Å²) < 4.78 is 12.5. The van der Waals surface area contributed by atoms with E-state index in [1.54, 1.807) is 49.2 Å². The number of carbonyl (C=O) groups is 2. The van der Waals surface area contributed by atoms with Crippen molar-refractivity contribution < 1.29 is 19.1 Å². The largest absolute Gasteiger partial charge is 0.497 e. The van der Waals surface area contributed by atoms with Crippen LogP contribution in [-0.4, -0.2) is 47.1 Å². The third-order valence-corrected chi connectivity index (χ3v) is 7.17. The van der Waals surface area contributed by atoms with E-state index < -0.39 is 6.04 Å². The first-order chi connectivity index (χ1) is 19.1. The van der Waals surface area contributed by atoms with Gasteiger partial charge < -0.3 is 14.8 Å². The Bertz CT molecular complexity index is 1450. The van der Waals surface area contributed by atoms with Crippen LogP contribution in [0.15, 0.2) is 72.8 Å². The summed E-state index contributed by atoms with van der Waals surface area (Å²) in [7, 11) is 3.15. The van der Waals surface area contributed by atoms with Gasteiger partial charge in [0.2, 0.25) is 11.8 Å². The first-order valence-corrected chi connectivity index (χ1v) is 13.3. The van der Waals surface area contributed by atoms with E-state index in [1.807, 2.05) is 42.5 Å². The Balaban J connectivity index is 1.59. The van der Waals surface area contributed by atoms with Crippen molar-refractivity contribution in [2.24, 2.45) is 0 Å². The molecule has 202 valence electrons. The number of hydrogen-bond acceptors (Lipinski definition) is 6. The number of nitrogens with one attached hydrogen (secondary N) is 1. The van der Waals surface area contributed by atoms with Crippen molar-refractivity contribution >= 4 is 28.5 Å². The van der Waals surface area contributed by atoms with Gasteiger partial charge in [-0.3, -0.25) is 14.5 Å². The molecule has 0 bridgehead atoms. The third kappa shape index (κ3) is 5.87. The summed E-state index contributed by atoms with van der Waals surface area (Å²) in [6, 6.07) is 21.1. The van der Waals surface area contributed by atoms with Gasteiger partial charge in [-0.05, 0) is 54.8 Å². The van der Waals surface area contributed by atoms with Crippen LogP contribution in [0.1, 0.15) is 43.7 Å². The van der Waals surface area contributed by atoms with Gasteiger partial charge in [0.1, 0.15) is 29.6 Å². The number of aromatic nitrogens is 3. The van der Waals surface area contributed by atoms with Crippen LogP contribution in [0.5, 0.6) is 11.5 Å². The summed E-state index contributed by atoms with van der Waals surface area (Å²) in [5.41, 5.74) is 2.61. The molecule has 9 heteroatoms. The molecule has 1 aliphatic rings. The number of hydrogen-bond donors (Lipinski definition) is 1. The van der Waals surface area contributed by atoms with Crippen LogP contribution >= 0.6 is 0 Å². The van der Waals surface area contributed by atoms with E-state index in [-0.39, 0.29) is 24.4 Å². The maximum absolute atomic E-state index is 14.2. The minimum Gasteiger partial charge on any atom is -0.497 e. The van der Waals surface area contributed by atoms with E-state index in [0.717, 1.165) is 31.2 Å². The van der Waals surface area contributed by atoms with Gasteiger partial charge in [0, 0.05) is 17.8 Å². The second kappa shape index (κ2) is 12.0. The fraction of sp³-hybridized carbons (Fsp3) is 0.333. The molecule has 1 aliphatic carbocycles. The summed E-state index contributed by atoms with van der Waals surface area (Å²) in [5.74, 6) is 0.622. The van der Waals surface area contributed by atoms with Gasteiger partial charge in [-0.2, -0.15) is 0 Å². The average molecular weight is 528 g/mol. The predicted molar refractivity (Wildman–Crippen MR) is 149 cm³/mol. The molecule has 1 atom stereocenters. The predicted octanol–water partition coefficient (Wildman–Crippen LogP) is 4.67. The molecule has 9 nitrogen and oxygen atoms in total. The first kappa shape index (κ1) is 26.2. The van der Waals surface area contributed by atoms with Crippen LogP contribution in [0.25, 0.3) is 11.0 Å². The normalized spacial score (nSPS) is 14.5. The molecule has 5 rings (SSSR count). The monoisotopic (exact) mass is 527 g/mol. The average Bonchev–Trinajstić information content (AvgIpc) is 3.38. The number of amides is 2. The van der Waals surface area contributed by atoms with Crippen molar-refractivity contribution in [3.8, 4) is 11.5 Å². The van der Waals surface area contributed by atoms with E-state index in [1.165, 1.54) is 11.3 Å². The van der Waals surface area contributed by atoms with Gasteiger partial charge >= 0.3 is 0 Å². The molecule has 1 N–H and O–H groups in total. The summed E-state index contributed by atoms with van der Waals surface area (Å²) in [4.78, 5) is 29.8. The van der Waals surface area contributed by atoms with E-state index >= 15 is 0 Å². The van der Waals surface area contributed by atoms with Crippen LogP contribution in [-0.2, 0) is 16.1 Å². The second-order valence-corrected chi connectivity index (χ2v) is 9.72. The summed E-state index contributed by atoms with van der Waals surface area (Å²) in [5, 5.41) is 11.7. The lowest BCUT2D eigenvalue weighted by atomic mass is 9.94. The molecule has 0 saturated heterocycles. The molecule has 1 fully saturated rings. The van der Waals surface area contributed by atoms with Gasteiger partial charge in [-0.1, -0.05) is 54.8 Å². The maximum atomic E-state index is 14.2. The zero-order valence-corrected chi connectivity index (χ0v) is 22.2. The molecule has 3 aromatic carbocycles. The van der Waals surface area contributed by atoms with Crippen LogP contribution in [0.3, 0.4) is 0 Å². The highest BCUT2D eigenvalue weighted by Gasteiger charge is 2.35. The van der Waals surface area contributed by atoms with Gasteiger partial charge in [0.05, 0.1) is 19.7 Å². The standard InChI is InChI=1S/C30H33N5O4/c1-38-24-14-8-10-21(18-24)29(30(37)31-22-11-4-3-5-12-22)35(23-13-9-15-25(19-23)39-2)28(36)20-34-27-17-7-6-16-26(27)32-33-34/h6-10,13-19,22,29H,3-5,11-12,20H2,1-2H3,(H,31,37)/t29-/m0/s1. The lowest BCUT2D eigenvalue weighted by Gasteiger charge is -2.33. The zero-order chi connectivity index (χ0) is 27.2. The van der Waals surface area contributed by atoms with E-state index in [2.05, 4.69) is 15.6 Å². The Morgan fingerprint density at radius 1 is 0.949 bits per heavy atom. The summed E-state index contributed by atoms with van der Waals surface area (Å²) in [6.45, 7) is -0.102. The minimum absolute atomic E-state index is 0.0703. The highest BCUT2D eigenvalue weighted by molar-refractivity contribution is 6.01. The lowest BCUT2D eigenvalue weighted by Crippen LogP contribution is -2.48. The highest BCUT2D eigenvalue weighted by Crippen LogP contribution is 2.33. The molecular weight excluding hydrogens is 494 g/mol. The number of para-hydroxylation sites is 1. The van der Waals surface area contributed by atoms with Gasteiger partial charge in [0.15, 0.2) is 0 Å². The molecule has 0 spiro atoms. The molecule has 4 aromatic rings. The molecule has 1 heterocycles. The number of benzene rings is 3. The SMILES string of the molecule is COc1cccc([C@@H](C(=O)NC2CCCCC2)N(C(=O)Cn2nnc3ccccc32)c2cccc(OC)c2)c1. The summed E-state index contributed by atoms with van der Waals surface area (Å²) in [6.07, 6.45) is 5.18. The van der Waals surface area contributed by atoms with Crippen LogP contribution < -0.4 is 19.7 Å². The van der Waals surface area contributed by atoms with Crippen LogP contribution in [0.4, 0.5) is 5.69 Å². The Labute approximate surface area is 227 Å². The van der Waals surface area contributed by atoms with Crippen molar-refractivity contribution in [2.45, 2.75) is 50.7 Å². The Morgan fingerprint density at radius 3 is 2.44 bits per heavy atom.